The van der Waals surface area contributed by atoms with Gasteiger partial charge in [0.1, 0.15) is 0 Å². The van der Waals surface area contributed by atoms with Crippen LogP contribution in [0.3, 0.4) is 0 Å². The van der Waals surface area contributed by atoms with Crippen LogP contribution in [0.25, 0.3) is 12.2 Å². The fraction of sp³-hybridized carbons (Fsp3) is 0. The molecule has 111 valence electrons. The zero-order valence-electron chi connectivity index (χ0n) is 12.1. The summed E-state index contributed by atoms with van der Waals surface area (Å²) < 4.78 is 8.99. The smallest absolute Gasteiger partial charge is 0.162 e. The fourth-order valence-electron chi connectivity index (χ4n) is 2.22. The first kappa shape index (κ1) is 14.4. The lowest BCUT2D eigenvalue weighted by molar-refractivity contribution is 1.36. The third-order valence-corrected chi connectivity index (χ3v) is 5.06. The highest BCUT2D eigenvalue weighted by Gasteiger charge is 2.10. The first-order valence-corrected chi connectivity index (χ1v) is 8.69. The summed E-state index contributed by atoms with van der Waals surface area (Å²) in [6, 6.07) is 16.4. The first-order chi connectivity index (χ1) is 11.4. The minimum atomic E-state index is 0.668. The van der Waals surface area contributed by atoms with Crippen LogP contribution in [0.15, 0.2) is 79.3 Å². The standard InChI is InChI=1S/C18H12N3S2/c1-3-7-15-13(5-1)9-11-17(20-22-15)19-18-12-10-14-6-2-4-8-16(14)23-21-18/h1-12H. The summed E-state index contributed by atoms with van der Waals surface area (Å²) in [5.41, 5.74) is 2.32. The molecular formula is C18H12N3S2. The first-order valence-electron chi connectivity index (χ1n) is 7.14. The minimum absolute atomic E-state index is 0.668. The van der Waals surface area contributed by atoms with Crippen LogP contribution in [-0.2, 0) is 0 Å². The summed E-state index contributed by atoms with van der Waals surface area (Å²) in [6.45, 7) is 0. The summed E-state index contributed by atoms with van der Waals surface area (Å²) in [4.78, 5) is 2.27. The molecule has 0 aliphatic carbocycles. The molecule has 23 heavy (non-hydrogen) atoms. The summed E-state index contributed by atoms with van der Waals surface area (Å²) in [7, 11) is 0. The van der Waals surface area contributed by atoms with Gasteiger partial charge in [0.25, 0.3) is 0 Å². The van der Waals surface area contributed by atoms with Crippen molar-refractivity contribution < 1.29 is 0 Å². The maximum atomic E-state index is 4.57. The van der Waals surface area contributed by atoms with Gasteiger partial charge in [0.2, 0.25) is 0 Å². The summed E-state index contributed by atoms with van der Waals surface area (Å²) in [6.07, 6.45) is 7.94. The van der Waals surface area contributed by atoms with Gasteiger partial charge in [0, 0.05) is 33.7 Å². The normalized spacial score (nSPS) is 15.7. The average Bonchev–Trinajstić information content (AvgIpc) is 2.93. The quantitative estimate of drug-likeness (QED) is 0.646. The number of fused-ring (bicyclic) bond motifs is 2. The van der Waals surface area contributed by atoms with E-state index in [0.29, 0.717) is 11.7 Å². The van der Waals surface area contributed by atoms with Gasteiger partial charge in [-0.15, -0.1) is 0 Å². The van der Waals surface area contributed by atoms with Gasteiger partial charge in [-0.2, -0.15) is 8.80 Å². The third kappa shape index (κ3) is 3.25. The number of nitrogens with zero attached hydrogens (tertiary/aromatic N) is 3. The largest absolute Gasteiger partial charge is 0.208 e. The van der Waals surface area contributed by atoms with Crippen molar-refractivity contribution in [2.24, 2.45) is 8.80 Å². The van der Waals surface area contributed by atoms with Crippen molar-refractivity contribution in [1.29, 1.82) is 0 Å². The topological polar surface area (TPSA) is 38.8 Å². The van der Waals surface area contributed by atoms with E-state index in [9.17, 15) is 0 Å². The molecule has 0 unspecified atom stereocenters. The van der Waals surface area contributed by atoms with Gasteiger partial charge in [0.15, 0.2) is 11.7 Å². The lowest BCUT2D eigenvalue weighted by Gasteiger charge is -2.00. The second kappa shape index (κ2) is 6.48. The van der Waals surface area contributed by atoms with Crippen molar-refractivity contribution in [3.8, 4) is 0 Å². The second-order valence-corrected chi connectivity index (χ2v) is 6.55. The molecular weight excluding hydrogens is 322 g/mol. The lowest BCUT2D eigenvalue weighted by Crippen LogP contribution is -2.18. The predicted octanol–water partition coefficient (Wildman–Crippen LogP) is 4.86. The summed E-state index contributed by atoms with van der Waals surface area (Å²) in [5.74, 6) is 1.34. The Morgan fingerprint density at radius 1 is 0.609 bits per heavy atom. The lowest BCUT2D eigenvalue weighted by atomic mass is 10.2. The zero-order chi connectivity index (χ0) is 15.5. The Morgan fingerprint density at radius 3 is 1.61 bits per heavy atom. The highest BCUT2D eigenvalue weighted by atomic mass is 32.2. The third-order valence-electron chi connectivity index (χ3n) is 3.37. The van der Waals surface area contributed by atoms with Gasteiger partial charge >= 0.3 is 0 Å². The van der Waals surface area contributed by atoms with Crippen molar-refractivity contribution in [2.45, 2.75) is 9.79 Å². The molecule has 4 rings (SSSR count). The van der Waals surface area contributed by atoms with Crippen LogP contribution >= 0.6 is 23.9 Å². The monoisotopic (exact) mass is 334 g/mol. The number of rotatable bonds is 0. The highest BCUT2D eigenvalue weighted by Crippen LogP contribution is 2.28. The molecule has 0 saturated heterocycles. The van der Waals surface area contributed by atoms with E-state index in [0.717, 1.165) is 20.9 Å². The van der Waals surface area contributed by atoms with Gasteiger partial charge in [0.05, 0.1) is 0 Å². The van der Waals surface area contributed by atoms with Crippen LogP contribution in [0.4, 0.5) is 0 Å². The average molecular weight is 334 g/mol. The Balaban J connectivity index is 1.54. The van der Waals surface area contributed by atoms with E-state index in [1.165, 1.54) is 23.9 Å². The van der Waals surface area contributed by atoms with E-state index < -0.39 is 0 Å². The molecule has 2 heterocycles. The molecule has 0 fully saturated rings. The van der Waals surface area contributed by atoms with Crippen molar-refractivity contribution in [3.63, 3.8) is 0 Å². The van der Waals surface area contributed by atoms with Gasteiger partial charge in [-0.25, -0.2) is 5.32 Å². The molecule has 5 heteroatoms. The molecule has 1 radical (unpaired) electrons. The highest BCUT2D eigenvalue weighted by molar-refractivity contribution is 7.98. The van der Waals surface area contributed by atoms with E-state index in [2.05, 4.69) is 38.4 Å². The van der Waals surface area contributed by atoms with Crippen molar-refractivity contribution in [1.82, 2.24) is 5.32 Å². The Morgan fingerprint density at radius 2 is 1.09 bits per heavy atom. The Kier molecular flexibility index (Phi) is 4.05. The molecule has 3 nitrogen and oxygen atoms in total. The minimum Gasteiger partial charge on any atom is -0.208 e. The van der Waals surface area contributed by atoms with E-state index in [1.54, 1.807) is 0 Å². The Labute approximate surface area is 143 Å². The molecule has 0 saturated carbocycles. The van der Waals surface area contributed by atoms with Crippen LogP contribution in [0.1, 0.15) is 11.1 Å². The van der Waals surface area contributed by atoms with Crippen LogP contribution in [0, 0.1) is 0 Å². The summed E-state index contributed by atoms with van der Waals surface area (Å²) in [5, 5.41) is 4.57. The van der Waals surface area contributed by atoms with Gasteiger partial charge < -0.3 is 0 Å². The number of benzene rings is 2. The molecule has 0 bridgehead atoms. The van der Waals surface area contributed by atoms with E-state index in [1.807, 2.05) is 48.6 Å². The van der Waals surface area contributed by atoms with Crippen molar-refractivity contribution in [3.05, 3.63) is 71.8 Å². The number of hydrogen-bond donors (Lipinski definition) is 0. The molecule has 2 aromatic rings. The van der Waals surface area contributed by atoms with Crippen LogP contribution < -0.4 is 5.32 Å². The van der Waals surface area contributed by atoms with E-state index in [4.69, 9.17) is 0 Å². The maximum Gasteiger partial charge on any atom is 0.162 e. The van der Waals surface area contributed by atoms with Crippen LogP contribution in [0.5, 0.6) is 0 Å². The molecule has 2 aromatic carbocycles. The zero-order valence-corrected chi connectivity index (χ0v) is 13.7. The SMILES string of the molecule is C1=Cc2ccccc2SN=C1[N]C1=NSc2ccccc2C=C1. The van der Waals surface area contributed by atoms with Crippen molar-refractivity contribution >= 4 is 47.7 Å². The fourth-order valence-corrected chi connectivity index (χ4v) is 3.57. The molecule has 0 amide bonds. The maximum absolute atomic E-state index is 4.57. The second-order valence-electron chi connectivity index (χ2n) is 4.94. The predicted molar refractivity (Wildman–Crippen MR) is 99.7 cm³/mol. The molecule has 2 aliphatic heterocycles. The Bertz CT molecular complexity index is 795. The molecule has 0 aromatic heterocycles. The molecule has 2 aliphatic rings. The number of hydrogen-bond acceptors (Lipinski definition) is 4. The van der Waals surface area contributed by atoms with Crippen molar-refractivity contribution in [2.75, 3.05) is 0 Å². The van der Waals surface area contributed by atoms with E-state index in [-0.39, 0.29) is 0 Å². The molecule has 0 spiro atoms. The molecule has 0 atom stereocenters. The number of amidine groups is 2. The van der Waals surface area contributed by atoms with Gasteiger partial charge in [-0.1, -0.05) is 48.6 Å². The summed E-state index contributed by atoms with van der Waals surface area (Å²) >= 11 is 2.89. The van der Waals surface area contributed by atoms with Gasteiger partial charge in [-0.05, 0) is 35.4 Å². The van der Waals surface area contributed by atoms with E-state index >= 15 is 0 Å². The van der Waals surface area contributed by atoms with Crippen LogP contribution in [0.2, 0.25) is 0 Å². The Hall–Kier alpha value is -2.24. The molecule has 0 N–H and O–H groups in total. The van der Waals surface area contributed by atoms with Crippen LogP contribution in [-0.4, -0.2) is 11.7 Å². The van der Waals surface area contributed by atoms with Gasteiger partial charge in [-0.3, -0.25) is 0 Å².